The summed E-state index contributed by atoms with van der Waals surface area (Å²) in [6.45, 7) is 12.0. The second kappa shape index (κ2) is 11.5. The monoisotopic (exact) mass is 575 g/mol. The van der Waals surface area contributed by atoms with E-state index < -0.39 is 10.0 Å². The molecule has 0 aliphatic carbocycles. The molecule has 1 aromatic carbocycles. The topological polar surface area (TPSA) is 91.0 Å². The number of nitrogens with zero attached hydrogens (tertiary/aromatic N) is 4. The Balaban J connectivity index is 0.00000363. The number of aryl methyl sites for hydroxylation is 1. The van der Waals surface area contributed by atoms with Gasteiger partial charge in [-0.05, 0) is 25.0 Å². The average Bonchev–Trinajstić information content (AvgIpc) is 3.24. The predicted molar refractivity (Wildman–Crippen MR) is 138 cm³/mol. The molecule has 1 aliphatic heterocycles. The van der Waals surface area contributed by atoms with Crippen LogP contribution < -0.4 is 5.32 Å². The summed E-state index contributed by atoms with van der Waals surface area (Å²) in [5, 5.41) is 7.09. The third-order valence-corrected chi connectivity index (χ3v) is 7.40. The van der Waals surface area contributed by atoms with E-state index in [4.69, 9.17) is 9.52 Å². The van der Waals surface area contributed by atoms with Crippen LogP contribution >= 0.6 is 24.0 Å². The van der Waals surface area contributed by atoms with Crippen molar-refractivity contribution in [3.63, 3.8) is 0 Å². The molecule has 1 fully saturated rings. The summed E-state index contributed by atoms with van der Waals surface area (Å²) in [6, 6.07) is 10.00. The Morgan fingerprint density at radius 1 is 1.19 bits per heavy atom. The fraction of sp³-hybridized carbons (Fsp3) is 0.545. The van der Waals surface area contributed by atoms with E-state index in [2.05, 4.69) is 60.4 Å². The van der Waals surface area contributed by atoms with Gasteiger partial charge in [0.25, 0.3) is 0 Å². The van der Waals surface area contributed by atoms with E-state index in [0.717, 1.165) is 12.5 Å². The van der Waals surface area contributed by atoms with Gasteiger partial charge in [0.1, 0.15) is 12.0 Å². The molecular weight excluding hydrogens is 541 g/mol. The highest BCUT2D eigenvalue weighted by Gasteiger charge is 2.29. The zero-order valence-corrected chi connectivity index (χ0v) is 22.4. The molecule has 0 atom stereocenters. The Hall–Kier alpha value is -1.66. The highest BCUT2D eigenvalue weighted by atomic mass is 127. The summed E-state index contributed by atoms with van der Waals surface area (Å²) in [4.78, 5) is 7.05. The van der Waals surface area contributed by atoms with Gasteiger partial charge in [0.15, 0.2) is 5.96 Å². The van der Waals surface area contributed by atoms with Crippen molar-refractivity contribution in [2.45, 2.75) is 38.9 Å². The number of rotatable bonds is 7. The Kier molecular flexibility index (Phi) is 9.53. The summed E-state index contributed by atoms with van der Waals surface area (Å²) >= 11 is 0. The molecule has 10 heteroatoms. The first-order valence-corrected chi connectivity index (χ1v) is 12.3. The van der Waals surface area contributed by atoms with Gasteiger partial charge < -0.3 is 14.7 Å². The van der Waals surface area contributed by atoms with Gasteiger partial charge in [-0.2, -0.15) is 4.31 Å². The molecule has 0 amide bonds. The smallest absolute Gasteiger partial charge is 0.220 e. The number of piperazine rings is 1. The fourth-order valence-corrected chi connectivity index (χ4v) is 5.31. The van der Waals surface area contributed by atoms with Gasteiger partial charge in [0.2, 0.25) is 10.0 Å². The maximum Gasteiger partial charge on any atom is 0.220 e. The lowest BCUT2D eigenvalue weighted by Crippen LogP contribution is -2.54. The molecule has 0 unspecified atom stereocenters. The number of aromatic nitrogens is 1. The van der Waals surface area contributed by atoms with Crippen LogP contribution in [0.4, 0.5) is 0 Å². The van der Waals surface area contributed by atoms with E-state index in [1.54, 1.807) is 6.07 Å². The van der Waals surface area contributed by atoms with E-state index in [0.29, 0.717) is 38.4 Å². The van der Waals surface area contributed by atoms with Crippen molar-refractivity contribution >= 4 is 40.0 Å². The van der Waals surface area contributed by atoms with Crippen LogP contribution in [0, 0.1) is 6.92 Å². The van der Waals surface area contributed by atoms with Gasteiger partial charge in [-0.3, -0.25) is 4.99 Å². The van der Waals surface area contributed by atoms with Crippen molar-refractivity contribution in [3.8, 4) is 0 Å². The van der Waals surface area contributed by atoms with Gasteiger partial charge >= 0.3 is 0 Å². The predicted octanol–water partition coefficient (Wildman–Crippen LogP) is 2.99. The van der Waals surface area contributed by atoms with Crippen LogP contribution in [0.5, 0.6) is 0 Å². The third kappa shape index (κ3) is 6.67. The molecule has 1 N–H and O–H groups in total. The Morgan fingerprint density at radius 3 is 2.47 bits per heavy atom. The number of halogens is 1. The van der Waals surface area contributed by atoms with Gasteiger partial charge in [0, 0.05) is 44.2 Å². The average molecular weight is 576 g/mol. The molecular formula is C22H34IN5O3S. The van der Waals surface area contributed by atoms with Crippen molar-refractivity contribution in [1.82, 2.24) is 19.7 Å². The SMILES string of the molecule is CCNC(=NCC(C)(C)c1ccccc1C)N1CCN(S(=O)(=O)Cc2ccon2)CC1.I. The molecule has 0 spiro atoms. The summed E-state index contributed by atoms with van der Waals surface area (Å²) in [6.07, 6.45) is 1.39. The van der Waals surface area contributed by atoms with E-state index in [1.165, 1.54) is 21.7 Å². The van der Waals surface area contributed by atoms with Gasteiger partial charge in [-0.25, -0.2) is 8.42 Å². The van der Waals surface area contributed by atoms with Crippen molar-refractivity contribution in [2.75, 3.05) is 39.3 Å². The molecule has 178 valence electrons. The van der Waals surface area contributed by atoms with Gasteiger partial charge in [-0.15, -0.1) is 24.0 Å². The highest BCUT2D eigenvalue weighted by molar-refractivity contribution is 14.0. The molecule has 2 aromatic rings. The van der Waals surface area contributed by atoms with E-state index in [1.807, 2.05) is 6.92 Å². The van der Waals surface area contributed by atoms with Crippen molar-refractivity contribution in [3.05, 3.63) is 53.4 Å². The molecule has 8 nitrogen and oxygen atoms in total. The minimum Gasteiger partial charge on any atom is -0.364 e. The van der Waals surface area contributed by atoms with Crippen LogP contribution in [0.1, 0.15) is 37.6 Å². The molecule has 1 aromatic heterocycles. The standard InChI is InChI=1S/C22H33N5O3S.HI/c1-5-23-21(24-17-22(3,4)20-9-7-6-8-18(20)2)26-11-13-27(14-12-26)31(28,29)16-19-10-15-30-25-19;/h6-10,15H,5,11-14,16-17H2,1-4H3,(H,23,24);1H. The summed E-state index contributed by atoms with van der Waals surface area (Å²) < 4.78 is 31.6. The van der Waals surface area contributed by atoms with E-state index >= 15 is 0 Å². The normalized spacial score (nSPS) is 16.0. The van der Waals surface area contributed by atoms with Gasteiger partial charge in [-0.1, -0.05) is 43.3 Å². The molecule has 0 saturated carbocycles. The van der Waals surface area contributed by atoms with Crippen molar-refractivity contribution in [1.29, 1.82) is 0 Å². The second-order valence-corrected chi connectivity index (χ2v) is 10.5. The van der Waals surface area contributed by atoms with Crippen LogP contribution in [0.3, 0.4) is 0 Å². The number of hydrogen-bond acceptors (Lipinski definition) is 5. The summed E-state index contributed by atoms with van der Waals surface area (Å²) in [7, 11) is -3.42. The Bertz CT molecular complexity index is 985. The minimum atomic E-state index is -3.42. The number of aliphatic imine (C=N–C) groups is 1. The summed E-state index contributed by atoms with van der Waals surface area (Å²) in [5.41, 5.74) is 2.88. The Morgan fingerprint density at radius 2 is 1.88 bits per heavy atom. The Labute approximate surface area is 208 Å². The molecule has 0 bridgehead atoms. The van der Waals surface area contributed by atoms with Crippen molar-refractivity contribution < 1.29 is 12.9 Å². The molecule has 3 rings (SSSR count). The molecule has 1 aliphatic rings. The first-order valence-electron chi connectivity index (χ1n) is 10.7. The lowest BCUT2D eigenvalue weighted by atomic mass is 9.82. The fourth-order valence-electron chi connectivity index (χ4n) is 3.88. The zero-order valence-electron chi connectivity index (χ0n) is 19.2. The minimum absolute atomic E-state index is 0. The van der Waals surface area contributed by atoms with Gasteiger partial charge in [0.05, 0.1) is 12.2 Å². The lowest BCUT2D eigenvalue weighted by Gasteiger charge is -2.36. The van der Waals surface area contributed by atoms with Crippen LogP contribution in [0.15, 0.2) is 46.1 Å². The number of guanidine groups is 1. The first kappa shape index (κ1) is 26.6. The zero-order chi connectivity index (χ0) is 22.5. The van der Waals surface area contributed by atoms with E-state index in [9.17, 15) is 8.42 Å². The maximum atomic E-state index is 12.7. The third-order valence-electron chi connectivity index (χ3n) is 5.59. The molecule has 0 radical (unpaired) electrons. The second-order valence-electron chi connectivity index (χ2n) is 8.50. The number of nitrogens with one attached hydrogen (secondary N) is 1. The van der Waals surface area contributed by atoms with Crippen LogP contribution in [-0.4, -0.2) is 68.0 Å². The number of benzene rings is 1. The van der Waals surface area contributed by atoms with Crippen LogP contribution in [0.25, 0.3) is 0 Å². The summed E-state index contributed by atoms with van der Waals surface area (Å²) in [5.74, 6) is 0.695. The largest absolute Gasteiger partial charge is 0.364 e. The molecule has 2 heterocycles. The quantitative estimate of drug-likeness (QED) is 0.310. The molecule has 32 heavy (non-hydrogen) atoms. The van der Waals surface area contributed by atoms with Crippen LogP contribution in [-0.2, 0) is 21.2 Å². The number of hydrogen-bond donors (Lipinski definition) is 1. The maximum absolute atomic E-state index is 12.7. The number of sulfonamides is 1. The highest BCUT2D eigenvalue weighted by Crippen LogP contribution is 2.26. The molecule has 1 saturated heterocycles. The van der Waals surface area contributed by atoms with Crippen molar-refractivity contribution in [2.24, 2.45) is 4.99 Å². The van der Waals surface area contributed by atoms with Crippen LogP contribution in [0.2, 0.25) is 0 Å². The first-order chi connectivity index (χ1) is 14.7. The van der Waals surface area contributed by atoms with E-state index in [-0.39, 0.29) is 35.1 Å². The lowest BCUT2D eigenvalue weighted by molar-refractivity contribution is 0.259.